The third-order valence-corrected chi connectivity index (χ3v) is 4.61. The Hall–Kier alpha value is -1.55. The van der Waals surface area contributed by atoms with E-state index in [9.17, 15) is 0 Å². The van der Waals surface area contributed by atoms with E-state index in [1.165, 1.54) is 5.56 Å². The maximum Gasteiger partial charge on any atom is 0.191 e. The molecule has 0 aliphatic carbocycles. The van der Waals surface area contributed by atoms with Gasteiger partial charge < -0.3 is 20.3 Å². The average Bonchev–Trinajstić information content (AvgIpc) is 3.07. The van der Waals surface area contributed by atoms with Crippen LogP contribution in [-0.2, 0) is 6.54 Å². The standard InChI is InChI=1S/C19H29N5OS.HI/c1-6-20-18(22-12-16-13-26-19(23-16)24(4)5)21-11-15(3)25-17-9-7-8-14(2)10-17;/h7-10,13,15H,6,11-12H2,1-5H3,(H2,20,21,22);1H. The van der Waals surface area contributed by atoms with Crippen LogP contribution in [0, 0.1) is 6.92 Å². The molecular weight excluding hydrogens is 473 g/mol. The van der Waals surface area contributed by atoms with Gasteiger partial charge in [0.05, 0.1) is 18.8 Å². The monoisotopic (exact) mass is 503 g/mol. The maximum atomic E-state index is 5.95. The zero-order valence-electron chi connectivity index (χ0n) is 16.7. The van der Waals surface area contributed by atoms with Gasteiger partial charge in [-0.2, -0.15) is 0 Å². The van der Waals surface area contributed by atoms with E-state index in [1.54, 1.807) is 11.3 Å². The number of hydrogen-bond donors (Lipinski definition) is 2. The van der Waals surface area contributed by atoms with Crippen LogP contribution < -0.4 is 20.3 Å². The van der Waals surface area contributed by atoms with Gasteiger partial charge >= 0.3 is 0 Å². The topological polar surface area (TPSA) is 61.8 Å². The van der Waals surface area contributed by atoms with Crippen LogP contribution in [0.3, 0.4) is 0 Å². The summed E-state index contributed by atoms with van der Waals surface area (Å²) in [5.41, 5.74) is 2.16. The lowest BCUT2D eigenvalue weighted by Crippen LogP contribution is -2.41. The molecule has 0 saturated heterocycles. The van der Waals surface area contributed by atoms with E-state index < -0.39 is 0 Å². The summed E-state index contributed by atoms with van der Waals surface area (Å²) < 4.78 is 5.95. The molecule has 27 heavy (non-hydrogen) atoms. The molecule has 0 radical (unpaired) electrons. The molecule has 0 saturated carbocycles. The normalized spacial score (nSPS) is 12.1. The smallest absolute Gasteiger partial charge is 0.191 e. The lowest BCUT2D eigenvalue weighted by molar-refractivity contribution is 0.223. The van der Waals surface area contributed by atoms with Crippen molar-refractivity contribution in [2.75, 3.05) is 32.1 Å². The Morgan fingerprint density at radius 2 is 2.11 bits per heavy atom. The van der Waals surface area contributed by atoms with Gasteiger partial charge in [-0.1, -0.05) is 12.1 Å². The van der Waals surface area contributed by atoms with Crippen molar-refractivity contribution >= 4 is 46.4 Å². The Labute approximate surface area is 183 Å². The summed E-state index contributed by atoms with van der Waals surface area (Å²) in [4.78, 5) is 11.2. The van der Waals surface area contributed by atoms with Crippen LogP contribution in [0.5, 0.6) is 5.75 Å². The number of thiazole rings is 1. The molecule has 1 atom stereocenters. The van der Waals surface area contributed by atoms with E-state index in [2.05, 4.69) is 40.5 Å². The molecule has 0 spiro atoms. The molecule has 1 heterocycles. The highest BCUT2D eigenvalue weighted by molar-refractivity contribution is 14.0. The van der Waals surface area contributed by atoms with Crippen LogP contribution in [0.2, 0.25) is 0 Å². The number of ether oxygens (including phenoxy) is 1. The van der Waals surface area contributed by atoms with E-state index in [0.717, 1.165) is 29.1 Å². The summed E-state index contributed by atoms with van der Waals surface area (Å²) in [5.74, 6) is 1.66. The van der Waals surface area contributed by atoms with E-state index in [0.29, 0.717) is 13.1 Å². The first-order chi connectivity index (χ1) is 12.5. The van der Waals surface area contributed by atoms with Gasteiger partial charge in [-0.15, -0.1) is 35.3 Å². The molecule has 0 fully saturated rings. The largest absolute Gasteiger partial charge is 0.489 e. The number of rotatable bonds is 8. The summed E-state index contributed by atoms with van der Waals surface area (Å²) in [6, 6.07) is 8.09. The van der Waals surface area contributed by atoms with E-state index in [-0.39, 0.29) is 30.1 Å². The molecular formula is C19H30IN5OS. The number of aryl methyl sites for hydroxylation is 1. The van der Waals surface area contributed by atoms with Crippen molar-refractivity contribution < 1.29 is 4.74 Å². The lowest BCUT2D eigenvalue weighted by Gasteiger charge is -2.18. The Morgan fingerprint density at radius 1 is 1.33 bits per heavy atom. The number of nitrogens with zero attached hydrogens (tertiary/aromatic N) is 3. The first-order valence-corrected chi connectivity index (χ1v) is 9.73. The fourth-order valence-electron chi connectivity index (χ4n) is 2.28. The van der Waals surface area contributed by atoms with E-state index >= 15 is 0 Å². The zero-order valence-corrected chi connectivity index (χ0v) is 19.8. The van der Waals surface area contributed by atoms with Gasteiger partial charge in [0.25, 0.3) is 0 Å². The summed E-state index contributed by atoms with van der Waals surface area (Å²) in [6.45, 7) is 8.18. The lowest BCUT2D eigenvalue weighted by atomic mass is 10.2. The van der Waals surface area contributed by atoms with Crippen LogP contribution in [0.15, 0.2) is 34.6 Å². The number of anilines is 1. The van der Waals surface area contributed by atoms with Gasteiger partial charge in [0.1, 0.15) is 11.9 Å². The van der Waals surface area contributed by atoms with Crippen LogP contribution in [0.25, 0.3) is 0 Å². The maximum absolute atomic E-state index is 5.95. The van der Waals surface area contributed by atoms with Crippen molar-refractivity contribution in [3.05, 3.63) is 40.9 Å². The molecule has 6 nitrogen and oxygen atoms in total. The second-order valence-electron chi connectivity index (χ2n) is 6.34. The minimum Gasteiger partial charge on any atom is -0.489 e. The van der Waals surface area contributed by atoms with Crippen LogP contribution in [0.4, 0.5) is 5.13 Å². The third kappa shape index (κ3) is 8.34. The highest BCUT2D eigenvalue weighted by Gasteiger charge is 2.07. The van der Waals surface area contributed by atoms with Gasteiger partial charge in [-0.25, -0.2) is 9.98 Å². The molecule has 1 unspecified atom stereocenters. The first kappa shape index (κ1) is 23.5. The van der Waals surface area contributed by atoms with Crippen molar-refractivity contribution in [3.8, 4) is 5.75 Å². The van der Waals surface area contributed by atoms with Crippen molar-refractivity contribution in [2.45, 2.75) is 33.4 Å². The molecule has 0 aliphatic heterocycles. The Morgan fingerprint density at radius 3 is 2.74 bits per heavy atom. The highest BCUT2D eigenvalue weighted by Crippen LogP contribution is 2.18. The van der Waals surface area contributed by atoms with Gasteiger partial charge in [-0.3, -0.25) is 0 Å². The van der Waals surface area contributed by atoms with Crippen LogP contribution >= 0.6 is 35.3 Å². The predicted molar refractivity (Wildman–Crippen MR) is 126 cm³/mol. The van der Waals surface area contributed by atoms with Gasteiger partial charge in [0.2, 0.25) is 0 Å². The predicted octanol–water partition coefficient (Wildman–Crippen LogP) is 3.66. The van der Waals surface area contributed by atoms with Crippen molar-refractivity contribution in [1.82, 2.24) is 15.6 Å². The fraction of sp³-hybridized carbons (Fsp3) is 0.474. The van der Waals surface area contributed by atoms with Gasteiger partial charge in [0.15, 0.2) is 11.1 Å². The highest BCUT2D eigenvalue weighted by atomic mass is 127. The number of aliphatic imine (C=N–C) groups is 1. The Bertz CT molecular complexity index is 720. The van der Waals surface area contributed by atoms with Crippen LogP contribution in [-0.4, -0.2) is 44.2 Å². The first-order valence-electron chi connectivity index (χ1n) is 8.85. The second kappa shape index (κ2) is 12.0. The van der Waals surface area contributed by atoms with Gasteiger partial charge in [0, 0.05) is 26.0 Å². The molecule has 2 N–H and O–H groups in total. The number of benzene rings is 1. The quantitative estimate of drug-likeness (QED) is 0.327. The Balaban J connectivity index is 0.00000364. The van der Waals surface area contributed by atoms with E-state index in [4.69, 9.17) is 4.74 Å². The summed E-state index contributed by atoms with van der Waals surface area (Å²) in [5, 5.41) is 9.63. The van der Waals surface area contributed by atoms with Crippen molar-refractivity contribution in [1.29, 1.82) is 0 Å². The number of guanidine groups is 1. The number of aromatic nitrogens is 1. The molecule has 2 rings (SSSR count). The minimum absolute atomic E-state index is 0. The third-order valence-electron chi connectivity index (χ3n) is 3.55. The second-order valence-corrected chi connectivity index (χ2v) is 7.17. The Kier molecular flexibility index (Phi) is 10.5. The number of hydrogen-bond acceptors (Lipinski definition) is 5. The average molecular weight is 503 g/mol. The molecule has 8 heteroatoms. The number of nitrogens with one attached hydrogen (secondary N) is 2. The van der Waals surface area contributed by atoms with E-state index in [1.807, 2.05) is 49.5 Å². The number of halogens is 1. The molecule has 0 amide bonds. The summed E-state index contributed by atoms with van der Waals surface area (Å²) >= 11 is 1.63. The molecule has 2 aromatic rings. The fourth-order valence-corrected chi connectivity index (χ4v) is 3.03. The van der Waals surface area contributed by atoms with Gasteiger partial charge in [-0.05, 0) is 38.5 Å². The molecule has 1 aromatic carbocycles. The van der Waals surface area contributed by atoms with Crippen molar-refractivity contribution in [3.63, 3.8) is 0 Å². The van der Waals surface area contributed by atoms with Crippen molar-refractivity contribution in [2.24, 2.45) is 4.99 Å². The molecule has 0 bridgehead atoms. The SMILES string of the molecule is CCNC(=NCc1csc(N(C)C)n1)NCC(C)Oc1cccc(C)c1.I. The molecule has 1 aromatic heterocycles. The molecule has 0 aliphatic rings. The summed E-state index contributed by atoms with van der Waals surface area (Å²) in [7, 11) is 3.99. The summed E-state index contributed by atoms with van der Waals surface area (Å²) in [6.07, 6.45) is 0.0280. The van der Waals surface area contributed by atoms with Crippen LogP contribution in [0.1, 0.15) is 25.1 Å². The minimum atomic E-state index is 0. The molecule has 150 valence electrons. The zero-order chi connectivity index (χ0) is 18.9.